The lowest BCUT2D eigenvalue weighted by atomic mass is 10.1. The number of nitrogens with one attached hydrogen (secondary N) is 1. The Hall–Kier alpha value is -2.29. The van der Waals surface area contributed by atoms with E-state index in [0.717, 1.165) is 0 Å². The van der Waals surface area contributed by atoms with Crippen molar-refractivity contribution in [2.75, 3.05) is 7.11 Å². The molecule has 19 heavy (non-hydrogen) atoms. The van der Waals surface area contributed by atoms with E-state index in [1.165, 1.54) is 19.5 Å². The highest BCUT2D eigenvalue weighted by atomic mass is 16.6. The van der Waals surface area contributed by atoms with E-state index in [9.17, 15) is 4.79 Å². The molecule has 0 aliphatic heterocycles. The molecule has 0 aromatic carbocycles. The minimum absolute atomic E-state index is 0.155. The number of hydrogen-bond donors (Lipinski definition) is 1. The van der Waals surface area contributed by atoms with Gasteiger partial charge in [0.15, 0.2) is 5.75 Å². The third-order valence-corrected chi connectivity index (χ3v) is 2.14. The van der Waals surface area contributed by atoms with Gasteiger partial charge < -0.3 is 14.8 Å². The van der Waals surface area contributed by atoms with Gasteiger partial charge in [0.25, 0.3) is 0 Å². The van der Waals surface area contributed by atoms with Crippen molar-refractivity contribution in [2.45, 2.75) is 32.9 Å². The summed E-state index contributed by atoms with van der Waals surface area (Å²) in [5.74, 6) is 0.381. The van der Waals surface area contributed by atoms with Crippen molar-refractivity contribution >= 4 is 6.09 Å². The first kappa shape index (κ1) is 14.8. The number of carbonyl (C=O) groups excluding carboxylic acids is 1. The smallest absolute Gasteiger partial charge is 0.407 e. The van der Waals surface area contributed by atoms with Gasteiger partial charge in [-0.25, -0.2) is 4.79 Å². The molecule has 0 unspecified atom stereocenters. The Morgan fingerprint density at radius 1 is 1.47 bits per heavy atom. The van der Waals surface area contributed by atoms with Crippen LogP contribution in [0, 0.1) is 11.3 Å². The van der Waals surface area contributed by atoms with Crippen molar-refractivity contribution in [3.63, 3.8) is 0 Å². The predicted molar refractivity (Wildman–Crippen MR) is 68.6 cm³/mol. The molecule has 0 atom stereocenters. The number of rotatable bonds is 3. The van der Waals surface area contributed by atoms with Crippen LogP contribution in [0.3, 0.4) is 0 Å². The zero-order valence-corrected chi connectivity index (χ0v) is 11.5. The van der Waals surface area contributed by atoms with Gasteiger partial charge in [0.1, 0.15) is 17.2 Å². The molecule has 0 spiro atoms. The van der Waals surface area contributed by atoms with Crippen LogP contribution in [0.2, 0.25) is 0 Å². The fraction of sp³-hybridized carbons (Fsp3) is 0.462. The number of alkyl carbamates (subject to hydrolysis) is 1. The number of methoxy groups -OCH3 is 1. The fourth-order valence-corrected chi connectivity index (χ4v) is 1.38. The number of aromatic nitrogens is 1. The number of nitrogens with zero attached hydrogens (tertiary/aromatic N) is 2. The number of ether oxygens (including phenoxy) is 2. The lowest BCUT2D eigenvalue weighted by Gasteiger charge is -2.19. The Bertz CT molecular complexity index is 501. The molecule has 1 aromatic heterocycles. The summed E-state index contributed by atoms with van der Waals surface area (Å²) in [4.78, 5) is 15.5. The average molecular weight is 263 g/mol. The van der Waals surface area contributed by atoms with Gasteiger partial charge in [-0.05, 0) is 20.8 Å². The molecule has 1 heterocycles. The van der Waals surface area contributed by atoms with E-state index in [-0.39, 0.29) is 6.54 Å². The average Bonchev–Trinajstić information content (AvgIpc) is 2.33. The first-order valence-electron chi connectivity index (χ1n) is 5.75. The quantitative estimate of drug-likeness (QED) is 0.901. The summed E-state index contributed by atoms with van der Waals surface area (Å²) in [5, 5.41) is 11.7. The minimum atomic E-state index is -0.561. The second kappa shape index (κ2) is 6.05. The van der Waals surface area contributed by atoms with E-state index >= 15 is 0 Å². The number of hydrogen-bond acceptors (Lipinski definition) is 5. The highest BCUT2D eigenvalue weighted by Crippen LogP contribution is 2.19. The van der Waals surface area contributed by atoms with Crippen molar-refractivity contribution < 1.29 is 14.3 Å². The summed E-state index contributed by atoms with van der Waals surface area (Å²) in [6.45, 7) is 5.49. The van der Waals surface area contributed by atoms with Gasteiger partial charge in [-0.2, -0.15) is 5.26 Å². The van der Waals surface area contributed by atoms with Crippen LogP contribution < -0.4 is 10.1 Å². The van der Waals surface area contributed by atoms with Crippen LogP contribution in [0.25, 0.3) is 0 Å². The van der Waals surface area contributed by atoms with Gasteiger partial charge in [0.05, 0.1) is 13.3 Å². The zero-order valence-electron chi connectivity index (χ0n) is 11.5. The fourth-order valence-electron chi connectivity index (χ4n) is 1.38. The number of carbonyl (C=O) groups is 1. The molecule has 0 aliphatic carbocycles. The maximum absolute atomic E-state index is 11.5. The Kier molecular flexibility index (Phi) is 4.70. The zero-order chi connectivity index (χ0) is 14.5. The maximum atomic E-state index is 11.5. The number of pyridine rings is 1. The molecule has 6 heteroatoms. The van der Waals surface area contributed by atoms with Gasteiger partial charge in [-0.15, -0.1) is 0 Å². The SMILES string of the molecule is COc1cncc(CNC(=O)OC(C)(C)C)c1C#N. The summed E-state index contributed by atoms with van der Waals surface area (Å²) in [7, 11) is 1.46. The van der Waals surface area contributed by atoms with Crippen molar-refractivity contribution in [1.82, 2.24) is 10.3 Å². The van der Waals surface area contributed by atoms with Gasteiger partial charge >= 0.3 is 6.09 Å². The molecule has 0 radical (unpaired) electrons. The Balaban J connectivity index is 2.74. The highest BCUT2D eigenvalue weighted by molar-refractivity contribution is 5.67. The predicted octanol–water partition coefficient (Wildman–Crippen LogP) is 1.99. The standard InChI is InChI=1S/C13H17N3O3/c1-13(2,3)19-12(17)16-7-9-6-15-8-11(18-4)10(9)5-14/h6,8H,7H2,1-4H3,(H,16,17). The summed E-state index contributed by atoms with van der Waals surface area (Å²) in [6.07, 6.45) is 2.42. The molecular weight excluding hydrogens is 246 g/mol. The second-order valence-electron chi connectivity index (χ2n) is 4.84. The van der Waals surface area contributed by atoms with Gasteiger partial charge in [0.2, 0.25) is 0 Å². The van der Waals surface area contributed by atoms with Crippen LogP contribution >= 0.6 is 0 Å². The monoisotopic (exact) mass is 263 g/mol. The van der Waals surface area contributed by atoms with Crippen LogP contribution in [0.5, 0.6) is 5.75 Å². The molecule has 0 saturated carbocycles. The summed E-state index contributed by atoms with van der Waals surface area (Å²) >= 11 is 0. The number of amides is 1. The van der Waals surface area contributed by atoms with Crippen LogP contribution in [0.1, 0.15) is 31.9 Å². The molecule has 0 aliphatic rings. The van der Waals surface area contributed by atoms with Crippen molar-refractivity contribution in [3.05, 3.63) is 23.5 Å². The van der Waals surface area contributed by atoms with Gasteiger partial charge in [0, 0.05) is 18.3 Å². The van der Waals surface area contributed by atoms with Crippen molar-refractivity contribution in [1.29, 1.82) is 5.26 Å². The van der Waals surface area contributed by atoms with E-state index in [0.29, 0.717) is 16.9 Å². The lowest BCUT2D eigenvalue weighted by molar-refractivity contribution is 0.0523. The lowest BCUT2D eigenvalue weighted by Crippen LogP contribution is -2.32. The van der Waals surface area contributed by atoms with Crippen LogP contribution in [0.15, 0.2) is 12.4 Å². The van der Waals surface area contributed by atoms with Crippen LogP contribution in [-0.2, 0) is 11.3 Å². The largest absolute Gasteiger partial charge is 0.494 e. The maximum Gasteiger partial charge on any atom is 0.407 e. The minimum Gasteiger partial charge on any atom is -0.494 e. The van der Waals surface area contributed by atoms with E-state index in [1.54, 1.807) is 20.8 Å². The molecule has 6 nitrogen and oxygen atoms in total. The Morgan fingerprint density at radius 3 is 2.68 bits per heavy atom. The summed E-state index contributed by atoms with van der Waals surface area (Å²) in [6, 6.07) is 2.03. The molecular formula is C13H17N3O3. The molecule has 102 valence electrons. The molecule has 0 saturated heterocycles. The first-order chi connectivity index (χ1) is 8.87. The summed E-state index contributed by atoms with van der Waals surface area (Å²) < 4.78 is 10.1. The Labute approximate surface area is 112 Å². The molecule has 0 fully saturated rings. The summed E-state index contributed by atoms with van der Waals surface area (Å²) in [5.41, 5.74) is 0.371. The molecule has 0 bridgehead atoms. The van der Waals surface area contributed by atoms with Crippen molar-refractivity contribution in [3.8, 4) is 11.8 Å². The molecule has 1 aromatic rings. The van der Waals surface area contributed by atoms with Crippen LogP contribution in [-0.4, -0.2) is 23.8 Å². The normalized spacial score (nSPS) is 10.5. The second-order valence-corrected chi connectivity index (χ2v) is 4.84. The number of nitriles is 1. The highest BCUT2D eigenvalue weighted by Gasteiger charge is 2.16. The van der Waals surface area contributed by atoms with E-state index in [1.807, 2.05) is 6.07 Å². The molecule has 1 N–H and O–H groups in total. The third-order valence-electron chi connectivity index (χ3n) is 2.14. The van der Waals surface area contributed by atoms with Gasteiger partial charge in [-0.1, -0.05) is 0 Å². The Morgan fingerprint density at radius 2 is 2.16 bits per heavy atom. The topological polar surface area (TPSA) is 84.2 Å². The van der Waals surface area contributed by atoms with E-state index in [2.05, 4.69) is 10.3 Å². The molecule has 1 amide bonds. The van der Waals surface area contributed by atoms with Gasteiger partial charge in [-0.3, -0.25) is 4.98 Å². The first-order valence-corrected chi connectivity index (χ1v) is 5.75. The van der Waals surface area contributed by atoms with E-state index < -0.39 is 11.7 Å². The van der Waals surface area contributed by atoms with Crippen molar-refractivity contribution in [2.24, 2.45) is 0 Å². The van der Waals surface area contributed by atoms with Crippen LogP contribution in [0.4, 0.5) is 4.79 Å². The van der Waals surface area contributed by atoms with E-state index in [4.69, 9.17) is 14.7 Å². The third kappa shape index (κ3) is 4.47. The molecule has 1 rings (SSSR count).